The van der Waals surface area contributed by atoms with Gasteiger partial charge in [-0.05, 0) is 72.0 Å². The van der Waals surface area contributed by atoms with Crippen molar-refractivity contribution in [1.29, 1.82) is 5.26 Å². The molecule has 6 rings (SSSR count). The number of hydrogen-bond donors (Lipinski definition) is 1. The van der Waals surface area contributed by atoms with Crippen LogP contribution in [0.25, 0.3) is 11.0 Å². The maximum Gasteiger partial charge on any atom is 0.287 e. The lowest BCUT2D eigenvalue weighted by Gasteiger charge is -2.34. The molecule has 0 aliphatic carbocycles. The van der Waals surface area contributed by atoms with Crippen molar-refractivity contribution in [1.82, 2.24) is 20.0 Å². The average molecular weight is 566 g/mol. The van der Waals surface area contributed by atoms with E-state index in [1.165, 1.54) is 23.3 Å². The standard InChI is InChI=1S/C34H36FN5O2/c35-30-8-5-27(6-9-30)23-39-15-17-40(18-16-39)24-28-7-10-32-29(19-28)20-33(42-32)34(41)37-31-11-13-38(14-12-31)22-26-3-1-25(21-36)2-4-26/h1-10,19-20,31H,11-18,22-24H2,(H,37,41). The fraction of sp³-hybridized carbons (Fsp3) is 0.353. The third-order valence-corrected chi connectivity index (χ3v) is 8.41. The lowest BCUT2D eigenvalue weighted by Crippen LogP contribution is -2.45. The monoisotopic (exact) mass is 565 g/mol. The number of nitriles is 1. The Morgan fingerprint density at radius 1 is 0.786 bits per heavy atom. The number of likely N-dealkylation sites (tertiary alicyclic amines) is 1. The second-order valence-corrected chi connectivity index (χ2v) is 11.5. The van der Waals surface area contributed by atoms with Crippen molar-refractivity contribution in [3.05, 3.63) is 107 Å². The van der Waals surface area contributed by atoms with E-state index in [9.17, 15) is 9.18 Å². The van der Waals surface area contributed by atoms with Gasteiger partial charge < -0.3 is 9.73 Å². The van der Waals surface area contributed by atoms with E-state index in [4.69, 9.17) is 9.68 Å². The van der Waals surface area contributed by atoms with Gasteiger partial charge in [0.05, 0.1) is 11.6 Å². The van der Waals surface area contributed by atoms with E-state index in [-0.39, 0.29) is 17.8 Å². The molecule has 2 fully saturated rings. The minimum atomic E-state index is -0.195. The van der Waals surface area contributed by atoms with Gasteiger partial charge in [0.1, 0.15) is 11.4 Å². The highest BCUT2D eigenvalue weighted by Crippen LogP contribution is 2.23. The molecule has 0 atom stereocenters. The summed E-state index contributed by atoms with van der Waals surface area (Å²) in [7, 11) is 0. The van der Waals surface area contributed by atoms with Crippen molar-refractivity contribution >= 4 is 16.9 Å². The predicted molar refractivity (Wildman–Crippen MR) is 160 cm³/mol. The summed E-state index contributed by atoms with van der Waals surface area (Å²) in [6, 6.07) is 24.8. The van der Waals surface area contributed by atoms with Crippen LogP contribution >= 0.6 is 0 Å². The van der Waals surface area contributed by atoms with Gasteiger partial charge in [0.2, 0.25) is 0 Å². The summed E-state index contributed by atoms with van der Waals surface area (Å²) in [5.41, 5.74) is 4.95. The Kier molecular flexibility index (Phi) is 8.61. The van der Waals surface area contributed by atoms with Crippen LogP contribution in [0.1, 0.15) is 45.7 Å². The molecule has 0 saturated carbocycles. The van der Waals surface area contributed by atoms with Crippen molar-refractivity contribution in [3.63, 3.8) is 0 Å². The van der Waals surface area contributed by atoms with Crippen LogP contribution in [0.4, 0.5) is 4.39 Å². The minimum absolute atomic E-state index is 0.125. The topological polar surface area (TPSA) is 75.8 Å². The zero-order valence-electron chi connectivity index (χ0n) is 23.8. The molecule has 7 nitrogen and oxygen atoms in total. The zero-order valence-corrected chi connectivity index (χ0v) is 23.8. The van der Waals surface area contributed by atoms with Crippen LogP contribution < -0.4 is 5.32 Å². The summed E-state index contributed by atoms with van der Waals surface area (Å²) >= 11 is 0. The fourth-order valence-corrected chi connectivity index (χ4v) is 5.95. The molecule has 216 valence electrons. The Bertz CT molecular complexity index is 1540. The van der Waals surface area contributed by atoms with Crippen molar-refractivity contribution in [2.24, 2.45) is 0 Å². The zero-order chi connectivity index (χ0) is 28.9. The van der Waals surface area contributed by atoms with Gasteiger partial charge in [-0.25, -0.2) is 4.39 Å². The molecule has 2 saturated heterocycles. The molecule has 4 aromatic rings. The van der Waals surface area contributed by atoms with Gasteiger partial charge in [0, 0.05) is 70.3 Å². The van der Waals surface area contributed by atoms with Crippen molar-refractivity contribution in [3.8, 4) is 6.07 Å². The van der Waals surface area contributed by atoms with Crippen molar-refractivity contribution in [2.75, 3.05) is 39.3 Å². The lowest BCUT2D eigenvalue weighted by molar-refractivity contribution is 0.0883. The van der Waals surface area contributed by atoms with Crippen LogP contribution in [0.15, 0.2) is 77.2 Å². The quantitative estimate of drug-likeness (QED) is 0.318. The highest BCUT2D eigenvalue weighted by molar-refractivity contribution is 5.96. The van der Waals surface area contributed by atoms with Gasteiger partial charge in [-0.1, -0.05) is 30.3 Å². The smallest absolute Gasteiger partial charge is 0.287 e. The summed E-state index contributed by atoms with van der Waals surface area (Å²) in [6.45, 7) is 8.28. The van der Waals surface area contributed by atoms with Crippen LogP contribution in [-0.2, 0) is 19.6 Å². The molecule has 2 aliphatic rings. The summed E-state index contributed by atoms with van der Waals surface area (Å²) in [4.78, 5) is 20.3. The Balaban J connectivity index is 0.968. The maximum absolute atomic E-state index is 13.2. The Labute approximate surface area is 246 Å². The highest BCUT2D eigenvalue weighted by Gasteiger charge is 2.23. The molecule has 1 amide bonds. The number of furan rings is 1. The summed E-state index contributed by atoms with van der Waals surface area (Å²) in [5, 5.41) is 13.1. The Morgan fingerprint density at radius 2 is 1.33 bits per heavy atom. The van der Waals surface area contributed by atoms with E-state index in [2.05, 4.69) is 38.2 Å². The number of piperazine rings is 1. The number of nitrogens with one attached hydrogen (secondary N) is 1. The third-order valence-electron chi connectivity index (χ3n) is 8.41. The molecule has 3 heterocycles. The number of rotatable bonds is 8. The van der Waals surface area contributed by atoms with E-state index in [0.717, 1.165) is 88.3 Å². The molecule has 0 bridgehead atoms. The number of carbonyl (C=O) groups excluding carboxylic acids is 1. The largest absolute Gasteiger partial charge is 0.451 e. The second-order valence-electron chi connectivity index (χ2n) is 11.5. The molecule has 0 spiro atoms. The highest BCUT2D eigenvalue weighted by atomic mass is 19.1. The molecule has 1 aromatic heterocycles. The number of nitrogens with zero attached hydrogens (tertiary/aromatic N) is 4. The summed E-state index contributed by atoms with van der Waals surface area (Å²) in [5.74, 6) is 0.00631. The normalized spacial score (nSPS) is 17.3. The minimum Gasteiger partial charge on any atom is -0.451 e. The third kappa shape index (κ3) is 7.05. The first-order valence-electron chi connectivity index (χ1n) is 14.7. The number of benzene rings is 3. The van der Waals surface area contributed by atoms with Gasteiger partial charge >= 0.3 is 0 Å². The number of hydrogen-bond acceptors (Lipinski definition) is 6. The molecule has 0 radical (unpaired) electrons. The lowest BCUT2D eigenvalue weighted by atomic mass is 10.0. The van der Waals surface area contributed by atoms with Crippen molar-refractivity contribution in [2.45, 2.75) is 38.5 Å². The number of piperidine rings is 1. The average Bonchev–Trinajstić information content (AvgIpc) is 3.45. The summed E-state index contributed by atoms with van der Waals surface area (Å²) < 4.78 is 19.1. The first kappa shape index (κ1) is 28.1. The van der Waals surface area contributed by atoms with E-state index in [1.807, 2.05) is 48.5 Å². The van der Waals surface area contributed by atoms with Gasteiger partial charge in [-0.2, -0.15) is 5.26 Å². The fourth-order valence-electron chi connectivity index (χ4n) is 5.95. The number of fused-ring (bicyclic) bond motifs is 1. The van der Waals surface area contributed by atoms with Crippen LogP contribution in [0.3, 0.4) is 0 Å². The first-order chi connectivity index (χ1) is 20.5. The Hall–Kier alpha value is -4.03. The second kappa shape index (κ2) is 12.9. The number of amides is 1. The molecular formula is C34H36FN5O2. The van der Waals surface area contributed by atoms with E-state index >= 15 is 0 Å². The molecule has 2 aliphatic heterocycles. The maximum atomic E-state index is 13.2. The molecule has 3 aromatic carbocycles. The molecule has 8 heteroatoms. The van der Waals surface area contributed by atoms with Gasteiger partial charge in [0.25, 0.3) is 5.91 Å². The van der Waals surface area contributed by atoms with Gasteiger partial charge in [-0.3, -0.25) is 19.5 Å². The molecule has 1 N–H and O–H groups in total. The van der Waals surface area contributed by atoms with Gasteiger partial charge in [0.15, 0.2) is 5.76 Å². The van der Waals surface area contributed by atoms with Crippen LogP contribution in [0.5, 0.6) is 0 Å². The van der Waals surface area contributed by atoms with E-state index in [0.29, 0.717) is 11.3 Å². The van der Waals surface area contributed by atoms with Gasteiger partial charge in [-0.15, -0.1) is 0 Å². The van der Waals surface area contributed by atoms with Crippen LogP contribution in [-0.4, -0.2) is 65.9 Å². The number of halogens is 1. The number of carbonyl (C=O) groups is 1. The van der Waals surface area contributed by atoms with Crippen LogP contribution in [0, 0.1) is 17.1 Å². The Morgan fingerprint density at radius 3 is 1.95 bits per heavy atom. The van der Waals surface area contributed by atoms with E-state index < -0.39 is 0 Å². The SMILES string of the molecule is N#Cc1ccc(CN2CCC(NC(=O)c3cc4cc(CN5CCN(Cc6ccc(F)cc6)CC5)ccc4o3)CC2)cc1. The predicted octanol–water partition coefficient (Wildman–Crippen LogP) is 5.16. The van der Waals surface area contributed by atoms with Crippen molar-refractivity contribution < 1.29 is 13.6 Å². The molecule has 0 unspecified atom stereocenters. The first-order valence-corrected chi connectivity index (χ1v) is 14.7. The van der Waals surface area contributed by atoms with E-state index in [1.54, 1.807) is 0 Å². The summed E-state index contributed by atoms with van der Waals surface area (Å²) in [6.07, 6.45) is 1.78. The van der Waals surface area contributed by atoms with Crippen LogP contribution in [0.2, 0.25) is 0 Å². The molecular weight excluding hydrogens is 529 g/mol. The molecule has 42 heavy (non-hydrogen) atoms.